The molecule has 0 aliphatic carbocycles. The van der Waals surface area contributed by atoms with Gasteiger partial charge in [-0.25, -0.2) is 4.79 Å². The zero-order chi connectivity index (χ0) is 15.1. The summed E-state index contributed by atoms with van der Waals surface area (Å²) in [7, 11) is 1.48. The molecule has 1 aromatic rings. The molecule has 0 heterocycles. The first-order valence-corrected chi connectivity index (χ1v) is 5.84. The van der Waals surface area contributed by atoms with E-state index >= 15 is 0 Å². The van der Waals surface area contributed by atoms with Crippen LogP contribution >= 0.6 is 0 Å². The first kappa shape index (κ1) is 15.7. The first-order chi connectivity index (χ1) is 9.51. The lowest BCUT2D eigenvalue weighted by Gasteiger charge is -2.14. The molecule has 0 fully saturated rings. The summed E-state index contributed by atoms with van der Waals surface area (Å²) >= 11 is 0. The van der Waals surface area contributed by atoms with Crippen LogP contribution in [-0.4, -0.2) is 36.5 Å². The summed E-state index contributed by atoms with van der Waals surface area (Å²) in [6.45, 7) is 2.09. The molecule has 1 N–H and O–H groups in total. The van der Waals surface area contributed by atoms with Gasteiger partial charge in [0, 0.05) is 13.2 Å². The number of benzene rings is 1. The molecule has 0 aliphatic rings. The van der Waals surface area contributed by atoms with Crippen molar-refractivity contribution < 1.29 is 29.0 Å². The fourth-order valence-electron chi connectivity index (χ4n) is 1.67. The van der Waals surface area contributed by atoms with Gasteiger partial charge in [0.1, 0.15) is 6.61 Å². The van der Waals surface area contributed by atoms with Crippen molar-refractivity contribution in [3.63, 3.8) is 0 Å². The van der Waals surface area contributed by atoms with Crippen LogP contribution in [0.5, 0.6) is 11.5 Å². The number of nitrogens with zero attached hydrogens (tertiary/aromatic N) is 1. The van der Waals surface area contributed by atoms with Crippen molar-refractivity contribution in [1.82, 2.24) is 0 Å². The molecule has 8 nitrogen and oxygen atoms in total. The summed E-state index contributed by atoms with van der Waals surface area (Å²) in [5, 5.41) is 19.6. The van der Waals surface area contributed by atoms with E-state index in [4.69, 9.17) is 14.6 Å². The summed E-state index contributed by atoms with van der Waals surface area (Å²) in [6.07, 6.45) is -1.22. The van der Waals surface area contributed by atoms with Crippen LogP contribution in [0.15, 0.2) is 12.1 Å². The van der Waals surface area contributed by atoms with Crippen LogP contribution in [0.4, 0.5) is 10.5 Å². The van der Waals surface area contributed by atoms with E-state index in [0.29, 0.717) is 6.42 Å². The Morgan fingerprint density at radius 2 is 2.10 bits per heavy atom. The predicted molar refractivity (Wildman–Crippen MR) is 68.5 cm³/mol. The lowest BCUT2D eigenvalue weighted by atomic mass is 10.1. The Labute approximate surface area is 115 Å². The average molecular weight is 285 g/mol. The zero-order valence-corrected chi connectivity index (χ0v) is 11.1. The van der Waals surface area contributed by atoms with E-state index in [1.807, 2.05) is 0 Å². The smallest absolute Gasteiger partial charge is 0.487 e. The third kappa shape index (κ3) is 3.82. The van der Waals surface area contributed by atoms with Crippen LogP contribution < -0.4 is 9.47 Å². The molecule has 0 radical (unpaired) electrons. The highest BCUT2D eigenvalue weighted by Crippen LogP contribution is 2.38. The Morgan fingerprint density at radius 1 is 1.40 bits per heavy atom. The van der Waals surface area contributed by atoms with Crippen molar-refractivity contribution >= 4 is 11.8 Å². The van der Waals surface area contributed by atoms with Gasteiger partial charge in [-0.05, 0) is 12.5 Å². The van der Waals surface area contributed by atoms with Crippen LogP contribution in [0.2, 0.25) is 0 Å². The van der Waals surface area contributed by atoms with Crippen LogP contribution in [-0.2, 0) is 11.2 Å². The summed E-state index contributed by atoms with van der Waals surface area (Å²) in [4.78, 5) is 21.0. The molecule has 1 aromatic carbocycles. The average Bonchev–Trinajstić information content (AvgIpc) is 2.39. The Morgan fingerprint density at radius 3 is 2.60 bits per heavy atom. The lowest BCUT2D eigenvalue weighted by molar-refractivity contribution is -0.385. The van der Waals surface area contributed by atoms with Crippen LogP contribution in [0.1, 0.15) is 12.5 Å². The number of ether oxygens (including phenoxy) is 3. The second kappa shape index (κ2) is 7.29. The largest absolute Gasteiger partial charge is 0.511 e. The number of nitro benzene ring substituents is 1. The number of nitro groups is 1. The summed E-state index contributed by atoms with van der Waals surface area (Å²) < 4.78 is 14.8. The molecule has 0 amide bonds. The molecular weight excluding hydrogens is 270 g/mol. The van der Waals surface area contributed by atoms with Gasteiger partial charge in [-0.3, -0.25) is 10.1 Å². The molecule has 0 saturated heterocycles. The van der Waals surface area contributed by atoms with Gasteiger partial charge in [-0.1, -0.05) is 6.92 Å². The quantitative estimate of drug-likeness (QED) is 0.269. The number of rotatable bonds is 7. The van der Waals surface area contributed by atoms with Crippen molar-refractivity contribution in [3.05, 3.63) is 27.8 Å². The van der Waals surface area contributed by atoms with Gasteiger partial charge in [0.2, 0.25) is 0 Å². The van der Waals surface area contributed by atoms with Crippen LogP contribution in [0, 0.1) is 10.1 Å². The third-order valence-electron chi connectivity index (χ3n) is 2.48. The highest BCUT2D eigenvalue weighted by Gasteiger charge is 2.23. The number of methoxy groups -OCH3 is 1. The lowest BCUT2D eigenvalue weighted by Crippen LogP contribution is -2.11. The van der Waals surface area contributed by atoms with E-state index in [0.717, 1.165) is 0 Å². The summed E-state index contributed by atoms with van der Waals surface area (Å²) in [5.74, 6) is -0.0165. The van der Waals surface area contributed by atoms with Crippen LogP contribution in [0.3, 0.4) is 0 Å². The minimum absolute atomic E-state index is 0.0566. The molecular formula is C12H15NO7. The molecule has 8 heteroatoms. The van der Waals surface area contributed by atoms with Crippen molar-refractivity contribution in [2.24, 2.45) is 0 Å². The summed E-state index contributed by atoms with van der Waals surface area (Å²) in [6, 6.07) is 2.40. The molecule has 0 aliphatic heterocycles. The maximum Gasteiger partial charge on any atom is 0.511 e. The van der Waals surface area contributed by atoms with E-state index in [-0.39, 0.29) is 36.0 Å². The molecule has 20 heavy (non-hydrogen) atoms. The Kier molecular flexibility index (Phi) is 5.73. The van der Waals surface area contributed by atoms with Gasteiger partial charge in [-0.2, -0.15) is 0 Å². The van der Waals surface area contributed by atoms with Gasteiger partial charge >= 0.3 is 6.16 Å². The molecule has 110 valence electrons. The molecule has 0 spiro atoms. The van der Waals surface area contributed by atoms with Gasteiger partial charge < -0.3 is 19.3 Å². The first-order valence-electron chi connectivity index (χ1n) is 5.84. The van der Waals surface area contributed by atoms with Crippen LogP contribution in [0.25, 0.3) is 0 Å². The van der Waals surface area contributed by atoms with E-state index in [2.05, 4.69) is 4.74 Å². The molecule has 0 saturated carbocycles. The van der Waals surface area contributed by atoms with Crippen molar-refractivity contribution in [2.45, 2.75) is 13.3 Å². The zero-order valence-electron chi connectivity index (χ0n) is 11.1. The third-order valence-corrected chi connectivity index (χ3v) is 2.48. The highest BCUT2D eigenvalue weighted by atomic mass is 16.7. The molecule has 0 unspecified atom stereocenters. The number of hydrogen-bond donors (Lipinski definition) is 1. The minimum Gasteiger partial charge on any atom is -0.487 e. The molecule has 0 atom stereocenters. The van der Waals surface area contributed by atoms with Gasteiger partial charge in [0.05, 0.1) is 17.1 Å². The SMILES string of the molecule is CCc1c([N+](=O)[O-])ccc(OC(=O)O)c1OCCOC. The number of hydrogen-bond acceptors (Lipinski definition) is 6. The van der Waals surface area contributed by atoms with E-state index in [9.17, 15) is 14.9 Å². The fourth-order valence-corrected chi connectivity index (χ4v) is 1.67. The normalized spacial score (nSPS) is 10.1. The second-order valence-electron chi connectivity index (χ2n) is 3.71. The van der Waals surface area contributed by atoms with Crippen molar-refractivity contribution in [3.8, 4) is 11.5 Å². The maximum atomic E-state index is 11.0. The molecule has 0 bridgehead atoms. The highest BCUT2D eigenvalue weighted by molar-refractivity contribution is 5.66. The Balaban J connectivity index is 3.23. The van der Waals surface area contributed by atoms with Gasteiger partial charge in [0.15, 0.2) is 11.5 Å². The van der Waals surface area contributed by atoms with E-state index < -0.39 is 11.1 Å². The van der Waals surface area contributed by atoms with Crippen molar-refractivity contribution in [1.29, 1.82) is 0 Å². The number of carbonyl (C=O) groups is 1. The second-order valence-corrected chi connectivity index (χ2v) is 3.71. The number of carboxylic acid groups (broad SMARTS) is 1. The fraction of sp³-hybridized carbons (Fsp3) is 0.417. The topological polar surface area (TPSA) is 108 Å². The summed E-state index contributed by atoms with van der Waals surface area (Å²) in [5.41, 5.74) is 0.141. The Bertz CT molecular complexity index is 501. The van der Waals surface area contributed by atoms with Gasteiger partial charge in [0.25, 0.3) is 5.69 Å². The standard InChI is InChI=1S/C12H15NO7/c1-3-8-9(13(16)17)4-5-10(20-12(14)15)11(8)19-7-6-18-2/h4-5H,3,6-7H2,1-2H3,(H,14,15). The monoisotopic (exact) mass is 285 g/mol. The molecule has 1 rings (SSSR count). The molecule has 0 aromatic heterocycles. The predicted octanol–water partition coefficient (Wildman–Crippen LogP) is 2.24. The van der Waals surface area contributed by atoms with E-state index in [1.165, 1.54) is 19.2 Å². The minimum atomic E-state index is -1.52. The Hall–Kier alpha value is -2.35. The van der Waals surface area contributed by atoms with Gasteiger partial charge in [-0.15, -0.1) is 0 Å². The maximum absolute atomic E-state index is 11.0. The van der Waals surface area contributed by atoms with E-state index in [1.54, 1.807) is 6.92 Å². The van der Waals surface area contributed by atoms with Crippen molar-refractivity contribution in [2.75, 3.05) is 20.3 Å².